The number of benzene rings is 2. The number of para-hydroxylation sites is 1. The molecule has 1 aromatic heterocycles. The summed E-state index contributed by atoms with van der Waals surface area (Å²) < 4.78 is 5.75. The lowest BCUT2D eigenvalue weighted by molar-refractivity contribution is 0.0719. The van der Waals surface area contributed by atoms with Gasteiger partial charge in [0.1, 0.15) is 11.4 Å². The third-order valence-corrected chi connectivity index (χ3v) is 5.79. The van der Waals surface area contributed by atoms with Gasteiger partial charge in [0.2, 0.25) is 0 Å². The highest BCUT2D eigenvalue weighted by atomic mass is 16.5. The van der Waals surface area contributed by atoms with Crippen LogP contribution in [0.3, 0.4) is 0 Å². The summed E-state index contributed by atoms with van der Waals surface area (Å²) in [7, 11) is 1.82. The summed E-state index contributed by atoms with van der Waals surface area (Å²) in [6, 6.07) is 21.0. The number of nitrogens with zero attached hydrogens (tertiary/aromatic N) is 2. The van der Waals surface area contributed by atoms with Crippen LogP contribution in [-0.4, -0.2) is 47.9 Å². The molecule has 4 rings (SSSR count). The van der Waals surface area contributed by atoms with Crippen LogP contribution >= 0.6 is 0 Å². The molecule has 0 fully saturated rings. The molecule has 2 aromatic carbocycles. The molecule has 0 saturated heterocycles. The predicted octanol–water partition coefficient (Wildman–Crippen LogP) is 3.52. The number of amides is 2. The minimum absolute atomic E-state index is 0.0688. The number of pyridine rings is 1. The number of likely N-dealkylation sites (N-methyl/N-ethyl adjacent to an activating group) is 1. The lowest BCUT2D eigenvalue weighted by Crippen LogP contribution is -2.41. The Bertz CT molecular complexity index is 1070. The lowest BCUT2D eigenvalue weighted by Gasteiger charge is -2.29. The van der Waals surface area contributed by atoms with Crippen LogP contribution in [0.2, 0.25) is 0 Å². The monoisotopic (exact) mass is 429 g/mol. The summed E-state index contributed by atoms with van der Waals surface area (Å²) in [4.78, 5) is 31.6. The van der Waals surface area contributed by atoms with Crippen LogP contribution in [0, 0.1) is 0 Å². The number of fused-ring (bicyclic) bond motifs is 1. The molecule has 0 unspecified atom stereocenters. The van der Waals surface area contributed by atoms with Crippen molar-refractivity contribution in [3.8, 4) is 5.75 Å². The summed E-state index contributed by atoms with van der Waals surface area (Å²) in [6.45, 7) is 1.05. The van der Waals surface area contributed by atoms with E-state index < -0.39 is 0 Å². The molecule has 1 aliphatic heterocycles. The van der Waals surface area contributed by atoms with Crippen LogP contribution in [0.25, 0.3) is 0 Å². The van der Waals surface area contributed by atoms with E-state index in [1.807, 2.05) is 43.4 Å². The number of aromatic nitrogens is 1. The van der Waals surface area contributed by atoms with Crippen molar-refractivity contribution in [1.82, 2.24) is 15.2 Å². The van der Waals surface area contributed by atoms with Crippen LogP contribution in [-0.2, 0) is 12.8 Å². The average Bonchev–Trinajstić information content (AvgIpc) is 3.33. The van der Waals surface area contributed by atoms with E-state index in [0.717, 1.165) is 17.5 Å². The largest absolute Gasteiger partial charge is 0.492 e. The van der Waals surface area contributed by atoms with Crippen LogP contribution in [0.5, 0.6) is 5.75 Å². The van der Waals surface area contributed by atoms with Crippen molar-refractivity contribution in [2.24, 2.45) is 0 Å². The van der Waals surface area contributed by atoms with Crippen molar-refractivity contribution < 1.29 is 14.3 Å². The summed E-state index contributed by atoms with van der Waals surface area (Å²) in [6.07, 6.45) is 3.73. The minimum atomic E-state index is -0.215. The van der Waals surface area contributed by atoms with Crippen LogP contribution in [0.1, 0.15) is 38.4 Å². The molecule has 6 heteroatoms. The predicted molar refractivity (Wildman–Crippen MR) is 123 cm³/mol. The first kappa shape index (κ1) is 21.6. The Labute approximate surface area is 188 Å². The van der Waals surface area contributed by atoms with Gasteiger partial charge >= 0.3 is 0 Å². The first-order chi connectivity index (χ1) is 15.6. The normalized spacial score (nSPS) is 13.0. The Morgan fingerprint density at radius 3 is 2.66 bits per heavy atom. The number of ether oxygens (including phenoxy) is 1. The number of carbonyl (C=O) groups excluding carboxylic acids is 2. The molecule has 32 heavy (non-hydrogen) atoms. The molecule has 164 valence electrons. The Morgan fingerprint density at radius 2 is 1.88 bits per heavy atom. The van der Waals surface area contributed by atoms with E-state index in [9.17, 15) is 9.59 Å². The molecular weight excluding hydrogens is 402 g/mol. The first-order valence-electron chi connectivity index (χ1n) is 10.9. The van der Waals surface area contributed by atoms with E-state index in [-0.39, 0.29) is 17.9 Å². The van der Waals surface area contributed by atoms with Gasteiger partial charge in [-0.3, -0.25) is 14.6 Å². The lowest BCUT2D eigenvalue weighted by atomic mass is 10.0. The Balaban J connectivity index is 1.48. The Kier molecular flexibility index (Phi) is 6.80. The SMILES string of the molecule is CN(C(=O)c1cccc2c1OCC2)[C@H](CCNC(=O)c1ccccn1)Cc1ccccc1. The van der Waals surface area contributed by atoms with Crippen molar-refractivity contribution in [2.45, 2.75) is 25.3 Å². The molecule has 0 aliphatic carbocycles. The second kappa shape index (κ2) is 10.1. The van der Waals surface area contributed by atoms with Gasteiger partial charge in [-0.15, -0.1) is 0 Å². The van der Waals surface area contributed by atoms with Crippen LogP contribution < -0.4 is 10.1 Å². The maximum atomic E-state index is 13.4. The van der Waals surface area contributed by atoms with Crippen molar-refractivity contribution in [3.63, 3.8) is 0 Å². The molecule has 1 aliphatic rings. The van der Waals surface area contributed by atoms with E-state index in [0.29, 0.717) is 43.0 Å². The van der Waals surface area contributed by atoms with Gasteiger partial charge in [0, 0.05) is 32.3 Å². The van der Waals surface area contributed by atoms with Crippen molar-refractivity contribution >= 4 is 11.8 Å². The second-order valence-corrected chi connectivity index (χ2v) is 7.91. The molecule has 0 radical (unpaired) electrons. The first-order valence-corrected chi connectivity index (χ1v) is 10.9. The molecule has 3 aromatic rings. The number of rotatable bonds is 8. The summed E-state index contributed by atoms with van der Waals surface area (Å²) in [5, 5.41) is 2.93. The fraction of sp³-hybridized carbons (Fsp3) is 0.269. The number of carbonyl (C=O) groups is 2. The Hall–Kier alpha value is -3.67. The van der Waals surface area contributed by atoms with Gasteiger partial charge in [0.25, 0.3) is 11.8 Å². The van der Waals surface area contributed by atoms with Crippen LogP contribution in [0.4, 0.5) is 0 Å². The third kappa shape index (κ3) is 4.97. The number of nitrogens with one attached hydrogen (secondary N) is 1. The molecule has 6 nitrogen and oxygen atoms in total. The molecule has 2 amide bonds. The van der Waals surface area contributed by atoms with E-state index in [1.165, 1.54) is 0 Å². The van der Waals surface area contributed by atoms with E-state index in [4.69, 9.17) is 4.74 Å². The van der Waals surface area contributed by atoms with E-state index in [1.54, 1.807) is 29.3 Å². The maximum absolute atomic E-state index is 13.4. The molecule has 2 heterocycles. The molecule has 1 N–H and O–H groups in total. The smallest absolute Gasteiger partial charge is 0.269 e. The highest BCUT2D eigenvalue weighted by Gasteiger charge is 2.27. The van der Waals surface area contributed by atoms with Gasteiger partial charge < -0.3 is 15.0 Å². The van der Waals surface area contributed by atoms with Gasteiger partial charge in [-0.2, -0.15) is 0 Å². The van der Waals surface area contributed by atoms with E-state index in [2.05, 4.69) is 22.4 Å². The number of hydrogen-bond donors (Lipinski definition) is 1. The summed E-state index contributed by atoms with van der Waals surface area (Å²) in [5.74, 6) is 0.416. The molecule has 0 bridgehead atoms. The Morgan fingerprint density at radius 1 is 1.06 bits per heavy atom. The molecule has 0 saturated carbocycles. The highest BCUT2D eigenvalue weighted by Crippen LogP contribution is 2.30. The van der Waals surface area contributed by atoms with Gasteiger partial charge in [-0.05, 0) is 42.2 Å². The standard InChI is InChI=1S/C26H27N3O3/c1-29(26(31)22-11-7-10-20-14-17-32-24(20)22)21(18-19-8-3-2-4-9-19)13-16-28-25(30)23-12-5-6-15-27-23/h2-12,15,21H,13-14,16-18H2,1H3,(H,28,30)/t21-/m1/s1. The van der Waals surface area contributed by atoms with Gasteiger partial charge in [-0.1, -0.05) is 48.5 Å². The summed E-state index contributed by atoms with van der Waals surface area (Å²) in [5.41, 5.74) is 3.20. The number of hydrogen-bond acceptors (Lipinski definition) is 4. The fourth-order valence-electron chi connectivity index (χ4n) is 4.00. The molecule has 0 spiro atoms. The maximum Gasteiger partial charge on any atom is 0.269 e. The highest BCUT2D eigenvalue weighted by molar-refractivity contribution is 5.97. The van der Waals surface area contributed by atoms with E-state index >= 15 is 0 Å². The molecular formula is C26H27N3O3. The zero-order valence-corrected chi connectivity index (χ0v) is 18.2. The third-order valence-electron chi connectivity index (χ3n) is 5.79. The van der Waals surface area contributed by atoms with Crippen molar-refractivity contribution in [2.75, 3.05) is 20.2 Å². The molecule has 1 atom stereocenters. The van der Waals surface area contributed by atoms with Crippen LogP contribution in [0.15, 0.2) is 72.9 Å². The topological polar surface area (TPSA) is 71.5 Å². The van der Waals surface area contributed by atoms with Crippen molar-refractivity contribution in [3.05, 3.63) is 95.3 Å². The summed E-state index contributed by atoms with van der Waals surface area (Å²) >= 11 is 0. The quantitative estimate of drug-likeness (QED) is 0.595. The fourth-order valence-corrected chi connectivity index (χ4v) is 4.00. The van der Waals surface area contributed by atoms with Gasteiger partial charge in [0.15, 0.2) is 0 Å². The van der Waals surface area contributed by atoms with Gasteiger partial charge in [0.05, 0.1) is 12.2 Å². The van der Waals surface area contributed by atoms with Crippen molar-refractivity contribution in [1.29, 1.82) is 0 Å². The average molecular weight is 430 g/mol. The second-order valence-electron chi connectivity index (χ2n) is 7.91. The zero-order valence-electron chi connectivity index (χ0n) is 18.2. The van der Waals surface area contributed by atoms with Gasteiger partial charge in [-0.25, -0.2) is 0 Å². The zero-order chi connectivity index (χ0) is 22.3. The minimum Gasteiger partial charge on any atom is -0.492 e.